The van der Waals surface area contributed by atoms with Crippen LogP contribution in [0, 0.1) is 5.92 Å². The van der Waals surface area contributed by atoms with Crippen LogP contribution in [0.5, 0.6) is 0 Å². The molecular formula is C11H14BrCl2N. The zero-order valence-electron chi connectivity index (χ0n) is 8.80. The molecule has 0 N–H and O–H groups in total. The highest BCUT2D eigenvalue weighted by atomic mass is 79.9. The molecule has 1 aromatic rings. The third kappa shape index (κ3) is 4.71. The maximum Gasteiger partial charge on any atom is 0.0636 e. The number of aromatic nitrogens is 1. The maximum atomic E-state index is 6.04. The first kappa shape index (κ1) is 13.3. The van der Waals surface area contributed by atoms with Gasteiger partial charge in [-0.05, 0) is 18.4 Å². The minimum absolute atomic E-state index is 0.420. The predicted molar refractivity (Wildman–Crippen MR) is 70.1 cm³/mol. The van der Waals surface area contributed by atoms with Crippen molar-refractivity contribution in [2.24, 2.45) is 5.92 Å². The lowest BCUT2D eigenvalue weighted by Crippen LogP contribution is -2.08. The van der Waals surface area contributed by atoms with E-state index in [1.807, 2.05) is 0 Å². The van der Waals surface area contributed by atoms with E-state index in [-0.39, 0.29) is 0 Å². The number of halogens is 3. The molecule has 0 saturated heterocycles. The Bertz CT molecular complexity index is 328. The zero-order valence-corrected chi connectivity index (χ0v) is 11.9. The van der Waals surface area contributed by atoms with E-state index in [1.54, 1.807) is 12.3 Å². The van der Waals surface area contributed by atoms with Gasteiger partial charge in [0.25, 0.3) is 0 Å². The van der Waals surface area contributed by atoms with Gasteiger partial charge in [-0.15, -0.1) is 0 Å². The summed E-state index contributed by atoms with van der Waals surface area (Å²) in [6.45, 7) is 4.40. The lowest BCUT2D eigenvalue weighted by molar-refractivity contribution is 0.568. The normalized spacial score (nSPS) is 13.2. The number of hydrogen-bond donors (Lipinski definition) is 0. The smallest absolute Gasteiger partial charge is 0.0636 e. The molecule has 1 rings (SSSR count). The molecule has 0 fully saturated rings. The highest BCUT2D eigenvalue weighted by molar-refractivity contribution is 9.09. The van der Waals surface area contributed by atoms with E-state index in [0.717, 1.165) is 18.5 Å². The van der Waals surface area contributed by atoms with Crippen LogP contribution in [0.1, 0.15) is 26.0 Å². The van der Waals surface area contributed by atoms with Crippen molar-refractivity contribution in [3.05, 3.63) is 28.0 Å². The van der Waals surface area contributed by atoms with E-state index in [2.05, 4.69) is 34.8 Å². The van der Waals surface area contributed by atoms with Crippen LogP contribution in [0.4, 0.5) is 0 Å². The van der Waals surface area contributed by atoms with Crippen LogP contribution in [-0.4, -0.2) is 9.81 Å². The van der Waals surface area contributed by atoms with Crippen molar-refractivity contribution in [3.63, 3.8) is 0 Å². The average molecular weight is 311 g/mol. The summed E-state index contributed by atoms with van der Waals surface area (Å²) in [5.74, 6) is 0.667. The van der Waals surface area contributed by atoms with Crippen LogP contribution >= 0.6 is 39.1 Å². The minimum Gasteiger partial charge on any atom is -0.258 e. The number of nitrogens with zero attached hydrogens (tertiary/aromatic N) is 1. The van der Waals surface area contributed by atoms with Crippen molar-refractivity contribution in [1.82, 2.24) is 4.98 Å². The van der Waals surface area contributed by atoms with Gasteiger partial charge in [-0.2, -0.15) is 0 Å². The average Bonchev–Trinajstić information content (AvgIpc) is 2.08. The third-order valence-electron chi connectivity index (χ3n) is 2.03. The van der Waals surface area contributed by atoms with Gasteiger partial charge in [-0.25, -0.2) is 0 Å². The van der Waals surface area contributed by atoms with Crippen molar-refractivity contribution in [2.45, 2.75) is 31.5 Å². The summed E-state index contributed by atoms with van der Waals surface area (Å²) in [5, 5.41) is 1.23. The van der Waals surface area contributed by atoms with Gasteiger partial charge < -0.3 is 0 Å². The van der Waals surface area contributed by atoms with Crippen molar-refractivity contribution in [3.8, 4) is 0 Å². The summed E-state index contributed by atoms with van der Waals surface area (Å²) in [5.41, 5.74) is 0.906. The van der Waals surface area contributed by atoms with Crippen molar-refractivity contribution < 1.29 is 0 Å². The van der Waals surface area contributed by atoms with E-state index in [4.69, 9.17) is 23.2 Å². The summed E-state index contributed by atoms with van der Waals surface area (Å²) < 4.78 is 0. The second-order valence-electron chi connectivity index (χ2n) is 4.01. The van der Waals surface area contributed by atoms with E-state index >= 15 is 0 Å². The molecule has 0 aromatic carbocycles. The molecule has 0 saturated carbocycles. The van der Waals surface area contributed by atoms with Crippen LogP contribution in [0.25, 0.3) is 0 Å². The van der Waals surface area contributed by atoms with E-state index < -0.39 is 0 Å². The molecule has 15 heavy (non-hydrogen) atoms. The molecule has 84 valence electrons. The number of pyridine rings is 1. The Morgan fingerprint density at radius 2 is 2.07 bits per heavy atom. The van der Waals surface area contributed by atoms with Crippen LogP contribution < -0.4 is 0 Å². The molecule has 1 unspecified atom stereocenters. The number of rotatable bonds is 4. The van der Waals surface area contributed by atoms with Crippen molar-refractivity contribution in [2.75, 3.05) is 0 Å². The summed E-state index contributed by atoms with van der Waals surface area (Å²) in [4.78, 5) is 4.65. The molecule has 4 heteroatoms. The van der Waals surface area contributed by atoms with Gasteiger partial charge in [0.15, 0.2) is 0 Å². The number of alkyl halides is 1. The highest BCUT2D eigenvalue weighted by Crippen LogP contribution is 2.23. The number of hydrogen-bond acceptors (Lipinski definition) is 1. The summed E-state index contributed by atoms with van der Waals surface area (Å²) in [7, 11) is 0. The highest BCUT2D eigenvalue weighted by Gasteiger charge is 2.11. The molecule has 0 aliphatic carbocycles. The summed E-state index contributed by atoms with van der Waals surface area (Å²) in [6, 6.07) is 1.74. The fourth-order valence-electron chi connectivity index (χ4n) is 1.40. The lowest BCUT2D eigenvalue weighted by Gasteiger charge is -2.12. The largest absolute Gasteiger partial charge is 0.258 e. The standard InChI is InChI=1S/C11H14BrCl2N/c1-7(2)3-8(12)4-11-10(14)5-9(13)6-15-11/h5-8H,3-4H2,1-2H3. The fraction of sp³-hybridized carbons (Fsp3) is 0.545. The fourth-order valence-corrected chi connectivity index (χ4v) is 2.91. The van der Waals surface area contributed by atoms with Crippen LogP contribution in [0.2, 0.25) is 10.0 Å². The van der Waals surface area contributed by atoms with Gasteiger partial charge in [0.05, 0.1) is 15.7 Å². The Morgan fingerprint density at radius 1 is 1.40 bits per heavy atom. The Labute approximate surface area is 109 Å². The molecule has 1 nitrogen and oxygen atoms in total. The van der Waals surface area contributed by atoms with E-state index in [9.17, 15) is 0 Å². The third-order valence-corrected chi connectivity index (χ3v) is 3.26. The Balaban J connectivity index is 2.64. The Kier molecular flexibility index (Phi) is 5.37. The van der Waals surface area contributed by atoms with Crippen LogP contribution in [0.15, 0.2) is 12.3 Å². The van der Waals surface area contributed by atoms with Crippen LogP contribution in [0.3, 0.4) is 0 Å². The van der Waals surface area contributed by atoms with Gasteiger partial charge in [0.2, 0.25) is 0 Å². The summed E-state index contributed by atoms with van der Waals surface area (Å²) in [6.07, 6.45) is 3.59. The molecule has 1 heterocycles. The predicted octanol–water partition coefficient (Wildman–Crippen LogP) is 4.74. The zero-order chi connectivity index (χ0) is 11.4. The minimum atomic E-state index is 0.420. The molecule has 0 spiro atoms. The molecule has 0 aliphatic rings. The van der Waals surface area contributed by atoms with Crippen molar-refractivity contribution >= 4 is 39.1 Å². The first-order valence-electron chi connectivity index (χ1n) is 4.93. The SMILES string of the molecule is CC(C)CC(Br)Cc1ncc(Cl)cc1Cl. The molecule has 1 aromatic heterocycles. The van der Waals surface area contributed by atoms with Gasteiger partial charge in [-0.3, -0.25) is 4.98 Å². The monoisotopic (exact) mass is 309 g/mol. The van der Waals surface area contributed by atoms with Gasteiger partial charge in [0, 0.05) is 17.4 Å². The molecule has 0 aliphatic heterocycles. The molecular weight excluding hydrogens is 297 g/mol. The Morgan fingerprint density at radius 3 is 2.60 bits per heavy atom. The molecule has 0 radical (unpaired) electrons. The first-order valence-corrected chi connectivity index (χ1v) is 6.60. The maximum absolute atomic E-state index is 6.04. The van der Waals surface area contributed by atoms with Gasteiger partial charge in [-0.1, -0.05) is 53.0 Å². The Hall–Kier alpha value is 0.210. The first-order chi connectivity index (χ1) is 6.99. The lowest BCUT2D eigenvalue weighted by atomic mass is 10.1. The van der Waals surface area contributed by atoms with Gasteiger partial charge in [0.1, 0.15) is 0 Å². The topological polar surface area (TPSA) is 12.9 Å². The van der Waals surface area contributed by atoms with Crippen molar-refractivity contribution in [1.29, 1.82) is 0 Å². The molecule has 1 atom stereocenters. The molecule has 0 amide bonds. The molecule has 0 bridgehead atoms. The second-order valence-corrected chi connectivity index (χ2v) is 6.15. The quantitative estimate of drug-likeness (QED) is 0.732. The van der Waals surface area contributed by atoms with E-state index in [0.29, 0.717) is 20.8 Å². The second kappa shape index (κ2) is 6.07. The summed E-state index contributed by atoms with van der Waals surface area (Å²) >= 11 is 15.5. The van der Waals surface area contributed by atoms with Crippen LogP contribution in [-0.2, 0) is 6.42 Å². The van der Waals surface area contributed by atoms with Gasteiger partial charge >= 0.3 is 0 Å². The van der Waals surface area contributed by atoms with E-state index in [1.165, 1.54) is 0 Å².